The predicted molar refractivity (Wildman–Crippen MR) is 72.0 cm³/mol. The van der Waals surface area contributed by atoms with Crippen molar-refractivity contribution in [2.24, 2.45) is 0 Å². The summed E-state index contributed by atoms with van der Waals surface area (Å²) in [6.45, 7) is 0. The van der Waals surface area contributed by atoms with Crippen LogP contribution in [0.3, 0.4) is 0 Å². The Kier molecular flexibility index (Phi) is 3.59. The van der Waals surface area contributed by atoms with Crippen molar-refractivity contribution >= 4 is 28.9 Å². The molecule has 1 aromatic carbocycles. The van der Waals surface area contributed by atoms with Gasteiger partial charge in [-0.3, -0.25) is 10.6 Å². The van der Waals surface area contributed by atoms with E-state index in [1.54, 1.807) is 12.1 Å². The summed E-state index contributed by atoms with van der Waals surface area (Å²) >= 11 is 5.95. The van der Waals surface area contributed by atoms with Crippen LogP contribution < -0.4 is 15.5 Å². The Balaban J connectivity index is 2.26. The van der Waals surface area contributed by atoms with Crippen molar-refractivity contribution in [1.82, 2.24) is 9.78 Å². The molecule has 0 atom stereocenters. The van der Waals surface area contributed by atoms with E-state index in [0.29, 0.717) is 27.2 Å². The van der Waals surface area contributed by atoms with Crippen LogP contribution in [0, 0.1) is 5.41 Å². The van der Waals surface area contributed by atoms with Crippen LogP contribution in [-0.4, -0.2) is 28.1 Å². The first-order chi connectivity index (χ1) is 9.02. The number of rotatable bonds is 2. The molecule has 1 heterocycles. The van der Waals surface area contributed by atoms with Crippen molar-refractivity contribution in [3.63, 3.8) is 0 Å². The van der Waals surface area contributed by atoms with E-state index in [0.717, 1.165) is 4.68 Å². The minimum Gasteiger partial charge on any atom is -0.495 e. The maximum atomic E-state index is 9.95. The third-order valence-electron chi connectivity index (χ3n) is 2.40. The van der Waals surface area contributed by atoms with E-state index >= 15 is 0 Å². The molecule has 19 heavy (non-hydrogen) atoms. The molecule has 0 aliphatic rings. The fourth-order valence-electron chi connectivity index (χ4n) is 1.46. The highest BCUT2D eigenvalue weighted by Gasteiger charge is 2.14. The first-order valence-electron chi connectivity index (χ1n) is 5.24. The largest absolute Gasteiger partial charge is 0.495 e. The van der Waals surface area contributed by atoms with Crippen molar-refractivity contribution in [3.8, 4) is 5.75 Å². The quantitative estimate of drug-likeness (QED) is 0.443. The van der Waals surface area contributed by atoms with Gasteiger partial charge in [0.1, 0.15) is 5.75 Å². The monoisotopic (exact) mass is 281 g/mol. The molecular formula is C11H12ClN5O2. The van der Waals surface area contributed by atoms with Crippen molar-refractivity contribution < 1.29 is 9.94 Å². The van der Waals surface area contributed by atoms with Crippen LogP contribution in [0.15, 0.2) is 30.6 Å². The van der Waals surface area contributed by atoms with Crippen molar-refractivity contribution in [3.05, 3.63) is 35.6 Å². The SMILES string of the molecule is COc1ccc(N(O)C(=N)n2cc(N)cn2)cc1Cl. The lowest BCUT2D eigenvalue weighted by Gasteiger charge is -2.17. The lowest BCUT2D eigenvalue weighted by atomic mass is 10.3. The molecule has 7 nitrogen and oxygen atoms in total. The zero-order chi connectivity index (χ0) is 14.0. The van der Waals surface area contributed by atoms with Gasteiger partial charge in [-0.05, 0) is 18.2 Å². The molecule has 2 aromatic rings. The summed E-state index contributed by atoms with van der Waals surface area (Å²) in [4.78, 5) is 0. The van der Waals surface area contributed by atoms with Gasteiger partial charge in [0.2, 0.25) is 5.96 Å². The van der Waals surface area contributed by atoms with Crippen LogP contribution in [0.5, 0.6) is 5.75 Å². The predicted octanol–water partition coefficient (Wildman–Crippen LogP) is 1.81. The number of benzene rings is 1. The van der Waals surface area contributed by atoms with Crippen LogP contribution in [0.4, 0.5) is 11.4 Å². The van der Waals surface area contributed by atoms with Gasteiger partial charge in [0.05, 0.1) is 35.9 Å². The number of hydroxylamine groups is 1. The summed E-state index contributed by atoms with van der Waals surface area (Å²) in [7, 11) is 1.49. The van der Waals surface area contributed by atoms with E-state index in [1.807, 2.05) is 0 Å². The van der Waals surface area contributed by atoms with Crippen LogP contribution >= 0.6 is 11.6 Å². The van der Waals surface area contributed by atoms with Crippen molar-refractivity contribution in [1.29, 1.82) is 5.41 Å². The Morgan fingerprint density at radius 1 is 1.58 bits per heavy atom. The van der Waals surface area contributed by atoms with E-state index in [-0.39, 0.29) is 5.96 Å². The molecule has 0 aliphatic carbocycles. The molecule has 0 saturated carbocycles. The number of nitrogen functional groups attached to an aromatic ring is 1. The van der Waals surface area contributed by atoms with Crippen LogP contribution in [0.1, 0.15) is 0 Å². The van der Waals surface area contributed by atoms with E-state index < -0.39 is 0 Å². The normalized spacial score (nSPS) is 10.3. The summed E-state index contributed by atoms with van der Waals surface area (Å²) in [5.74, 6) is 0.201. The molecule has 0 radical (unpaired) electrons. The molecular weight excluding hydrogens is 270 g/mol. The lowest BCUT2D eigenvalue weighted by Crippen LogP contribution is -2.32. The lowest BCUT2D eigenvalue weighted by molar-refractivity contribution is 0.306. The van der Waals surface area contributed by atoms with E-state index in [4.69, 9.17) is 27.5 Å². The number of hydrogen-bond acceptors (Lipinski definition) is 5. The van der Waals surface area contributed by atoms with Crippen LogP contribution in [0.2, 0.25) is 5.02 Å². The molecule has 2 rings (SSSR count). The fourth-order valence-corrected chi connectivity index (χ4v) is 1.71. The van der Waals surface area contributed by atoms with Gasteiger partial charge in [0.25, 0.3) is 0 Å². The van der Waals surface area contributed by atoms with Gasteiger partial charge in [-0.25, -0.2) is 4.68 Å². The number of nitrogens with one attached hydrogen (secondary N) is 1. The van der Waals surface area contributed by atoms with Crippen molar-refractivity contribution in [2.45, 2.75) is 0 Å². The Labute approximate surface area is 114 Å². The molecule has 0 amide bonds. The molecule has 0 fully saturated rings. The highest BCUT2D eigenvalue weighted by molar-refractivity contribution is 6.32. The Bertz CT molecular complexity index is 613. The molecule has 8 heteroatoms. The third-order valence-corrected chi connectivity index (χ3v) is 2.70. The number of ether oxygens (including phenoxy) is 1. The van der Waals surface area contributed by atoms with E-state index in [1.165, 1.54) is 25.6 Å². The summed E-state index contributed by atoms with van der Waals surface area (Å²) in [5.41, 5.74) is 6.20. The molecule has 100 valence electrons. The molecule has 0 saturated heterocycles. The molecule has 4 N–H and O–H groups in total. The Morgan fingerprint density at radius 3 is 2.84 bits per heavy atom. The van der Waals surface area contributed by atoms with Gasteiger partial charge in [0, 0.05) is 0 Å². The Hall–Kier alpha value is -2.25. The summed E-state index contributed by atoms with van der Waals surface area (Å²) in [6.07, 6.45) is 2.79. The molecule has 0 unspecified atom stereocenters. The average Bonchev–Trinajstić information content (AvgIpc) is 2.83. The van der Waals surface area contributed by atoms with Gasteiger partial charge >= 0.3 is 0 Å². The number of anilines is 2. The zero-order valence-corrected chi connectivity index (χ0v) is 10.8. The van der Waals surface area contributed by atoms with E-state index in [2.05, 4.69) is 5.10 Å². The fraction of sp³-hybridized carbons (Fsp3) is 0.0909. The maximum absolute atomic E-state index is 9.95. The number of nitrogens with zero attached hydrogens (tertiary/aromatic N) is 3. The summed E-state index contributed by atoms with van der Waals surface area (Å²) < 4.78 is 6.14. The Morgan fingerprint density at radius 2 is 2.32 bits per heavy atom. The number of halogens is 1. The number of hydrogen-bond donors (Lipinski definition) is 3. The number of methoxy groups -OCH3 is 1. The van der Waals surface area contributed by atoms with Crippen LogP contribution in [-0.2, 0) is 0 Å². The summed E-state index contributed by atoms with van der Waals surface area (Å²) in [6, 6.07) is 4.62. The van der Waals surface area contributed by atoms with Crippen molar-refractivity contribution in [2.75, 3.05) is 17.9 Å². The minimum absolute atomic E-state index is 0.280. The minimum atomic E-state index is -0.280. The van der Waals surface area contributed by atoms with E-state index in [9.17, 15) is 5.21 Å². The second-order valence-corrected chi connectivity index (χ2v) is 4.08. The smallest absolute Gasteiger partial charge is 0.248 e. The highest BCUT2D eigenvalue weighted by Crippen LogP contribution is 2.28. The topological polar surface area (TPSA) is 100 Å². The van der Waals surface area contributed by atoms with Crippen LogP contribution in [0.25, 0.3) is 0 Å². The highest BCUT2D eigenvalue weighted by atomic mass is 35.5. The molecule has 0 spiro atoms. The first-order valence-corrected chi connectivity index (χ1v) is 5.62. The second kappa shape index (κ2) is 5.17. The summed E-state index contributed by atoms with van der Waals surface area (Å²) in [5, 5.41) is 22.5. The molecule has 0 bridgehead atoms. The van der Waals surface area contributed by atoms with Gasteiger partial charge in [-0.1, -0.05) is 11.6 Å². The second-order valence-electron chi connectivity index (χ2n) is 3.67. The van der Waals surface area contributed by atoms with Gasteiger partial charge in [-0.15, -0.1) is 0 Å². The van der Waals surface area contributed by atoms with Gasteiger partial charge in [-0.2, -0.15) is 10.2 Å². The maximum Gasteiger partial charge on any atom is 0.248 e. The molecule has 0 aliphatic heterocycles. The average molecular weight is 282 g/mol. The zero-order valence-electron chi connectivity index (χ0n) is 10.0. The number of nitrogens with two attached hydrogens (primary N) is 1. The van der Waals surface area contributed by atoms with Gasteiger partial charge < -0.3 is 10.5 Å². The standard InChI is InChI=1S/C11H12ClN5O2/c1-19-10-3-2-8(4-9(10)12)17(18)11(14)16-6-7(13)5-15-16/h2-6,14,18H,13H2,1H3. The number of aromatic nitrogens is 2. The molecule has 1 aromatic heterocycles. The first kappa shape index (κ1) is 13.2. The van der Waals surface area contributed by atoms with Gasteiger partial charge in [0.15, 0.2) is 0 Å². The third kappa shape index (κ3) is 2.61.